The molecule has 3 rings (SSSR count). The number of amides is 2. The van der Waals surface area contributed by atoms with Crippen molar-refractivity contribution in [2.24, 2.45) is 0 Å². The SMILES string of the molecule is O=C1SC(=CC=Cc2ccccc2)C(=O)N1c1ccccc1Cl. The van der Waals surface area contributed by atoms with Crippen molar-refractivity contribution in [1.29, 1.82) is 0 Å². The molecule has 2 aromatic rings. The molecule has 2 aromatic carbocycles. The minimum absolute atomic E-state index is 0.345. The van der Waals surface area contributed by atoms with Gasteiger partial charge in [0.2, 0.25) is 0 Å². The highest BCUT2D eigenvalue weighted by atomic mass is 35.5. The molecule has 0 aliphatic carbocycles. The average molecular weight is 342 g/mol. The van der Waals surface area contributed by atoms with Crippen LogP contribution in [0.5, 0.6) is 0 Å². The summed E-state index contributed by atoms with van der Waals surface area (Å²) in [7, 11) is 0. The predicted molar refractivity (Wildman–Crippen MR) is 95.5 cm³/mol. The van der Waals surface area contributed by atoms with Crippen LogP contribution >= 0.6 is 23.4 Å². The van der Waals surface area contributed by atoms with Gasteiger partial charge in [-0.2, -0.15) is 0 Å². The Kier molecular flexibility index (Phi) is 4.65. The molecule has 0 N–H and O–H groups in total. The van der Waals surface area contributed by atoms with E-state index in [1.54, 1.807) is 36.4 Å². The highest BCUT2D eigenvalue weighted by Gasteiger charge is 2.36. The molecule has 23 heavy (non-hydrogen) atoms. The van der Waals surface area contributed by atoms with E-state index in [2.05, 4.69) is 0 Å². The Bertz CT molecular complexity index is 815. The van der Waals surface area contributed by atoms with Crippen molar-refractivity contribution in [2.75, 3.05) is 4.90 Å². The molecular formula is C18H12ClNO2S. The molecule has 1 saturated heterocycles. The van der Waals surface area contributed by atoms with Gasteiger partial charge in [-0.05, 0) is 35.5 Å². The summed E-state index contributed by atoms with van der Waals surface area (Å²) in [5.41, 5.74) is 1.43. The number of nitrogens with zero attached hydrogens (tertiary/aromatic N) is 1. The second kappa shape index (κ2) is 6.86. The second-order valence-electron chi connectivity index (χ2n) is 4.76. The van der Waals surface area contributed by atoms with Crippen LogP contribution in [0, 0.1) is 0 Å². The molecule has 0 spiro atoms. The van der Waals surface area contributed by atoms with Crippen molar-refractivity contribution in [2.45, 2.75) is 0 Å². The number of rotatable bonds is 3. The fraction of sp³-hybridized carbons (Fsp3) is 0. The summed E-state index contributed by atoms with van der Waals surface area (Å²) in [6.07, 6.45) is 5.29. The fourth-order valence-electron chi connectivity index (χ4n) is 2.13. The lowest BCUT2D eigenvalue weighted by Crippen LogP contribution is -2.27. The molecule has 0 unspecified atom stereocenters. The van der Waals surface area contributed by atoms with Crippen LogP contribution in [0.1, 0.15) is 5.56 Å². The maximum atomic E-state index is 12.4. The zero-order chi connectivity index (χ0) is 16.2. The third-order valence-electron chi connectivity index (χ3n) is 3.22. The second-order valence-corrected chi connectivity index (χ2v) is 6.16. The number of hydrogen-bond acceptors (Lipinski definition) is 3. The van der Waals surface area contributed by atoms with Crippen LogP contribution in [-0.4, -0.2) is 11.1 Å². The Hall–Kier alpha value is -2.30. The van der Waals surface area contributed by atoms with Crippen molar-refractivity contribution in [3.63, 3.8) is 0 Å². The van der Waals surface area contributed by atoms with Crippen molar-refractivity contribution < 1.29 is 9.59 Å². The minimum atomic E-state index is -0.356. The van der Waals surface area contributed by atoms with Gasteiger partial charge in [-0.1, -0.05) is 66.2 Å². The van der Waals surface area contributed by atoms with Crippen LogP contribution < -0.4 is 4.90 Å². The number of benzene rings is 2. The first-order chi connectivity index (χ1) is 11.2. The van der Waals surface area contributed by atoms with Crippen LogP contribution in [0.25, 0.3) is 6.08 Å². The fourth-order valence-corrected chi connectivity index (χ4v) is 3.14. The van der Waals surface area contributed by atoms with Gasteiger partial charge >= 0.3 is 0 Å². The van der Waals surface area contributed by atoms with Gasteiger partial charge in [-0.15, -0.1) is 0 Å². The van der Waals surface area contributed by atoms with E-state index in [1.165, 1.54) is 0 Å². The molecule has 2 amide bonds. The van der Waals surface area contributed by atoms with Crippen LogP contribution in [-0.2, 0) is 4.79 Å². The lowest BCUT2D eigenvalue weighted by molar-refractivity contribution is -0.113. The lowest BCUT2D eigenvalue weighted by Gasteiger charge is -2.13. The zero-order valence-corrected chi connectivity index (χ0v) is 13.6. The van der Waals surface area contributed by atoms with E-state index in [4.69, 9.17) is 11.6 Å². The quantitative estimate of drug-likeness (QED) is 0.725. The van der Waals surface area contributed by atoms with Gasteiger partial charge in [-0.25, -0.2) is 4.90 Å². The number of halogens is 1. The molecule has 0 atom stereocenters. The standard InChI is InChI=1S/C18H12ClNO2S/c19-14-10-4-5-11-15(14)20-17(21)16(23-18(20)22)12-6-9-13-7-2-1-3-8-13/h1-12H. The van der Waals surface area contributed by atoms with Crippen molar-refractivity contribution >= 4 is 46.3 Å². The van der Waals surface area contributed by atoms with Gasteiger partial charge in [0.05, 0.1) is 15.6 Å². The minimum Gasteiger partial charge on any atom is -0.268 e. The molecule has 114 valence electrons. The van der Waals surface area contributed by atoms with E-state index in [9.17, 15) is 9.59 Å². The van der Waals surface area contributed by atoms with Crippen LogP contribution in [0.3, 0.4) is 0 Å². The Labute approximate surface area is 143 Å². The van der Waals surface area contributed by atoms with Gasteiger partial charge in [0.15, 0.2) is 0 Å². The number of thioether (sulfide) groups is 1. The topological polar surface area (TPSA) is 37.4 Å². The van der Waals surface area contributed by atoms with Crippen LogP contribution in [0.15, 0.2) is 71.7 Å². The Balaban J connectivity index is 1.83. The van der Waals surface area contributed by atoms with Crippen LogP contribution in [0.2, 0.25) is 5.02 Å². The predicted octanol–water partition coefficient (Wildman–Crippen LogP) is 5.14. The van der Waals surface area contributed by atoms with Crippen molar-refractivity contribution in [1.82, 2.24) is 0 Å². The number of para-hydroxylation sites is 1. The summed E-state index contributed by atoms with van der Waals surface area (Å²) >= 11 is 6.99. The maximum absolute atomic E-state index is 12.4. The van der Waals surface area contributed by atoms with Gasteiger partial charge in [0.25, 0.3) is 11.1 Å². The molecule has 5 heteroatoms. The van der Waals surface area contributed by atoms with Gasteiger partial charge in [0.1, 0.15) is 0 Å². The third-order valence-corrected chi connectivity index (χ3v) is 4.43. The molecule has 1 fully saturated rings. The number of hydrogen-bond donors (Lipinski definition) is 0. The number of allylic oxidation sites excluding steroid dienone is 2. The molecule has 0 radical (unpaired) electrons. The van der Waals surface area contributed by atoms with Gasteiger partial charge in [0, 0.05) is 0 Å². The summed E-state index contributed by atoms with van der Waals surface area (Å²) in [5.74, 6) is -0.356. The normalized spacial score (nSPS) is 16.7. The Morgan fingerprint density at radius 2 is 1.65 bits per heavy atom. The van der Waals surface area contributed by atoms with E-state index < -0.39 is 0 Å². The first-order valence-electron chi connectivity index (χ1n) is 6.91. The molecule has 0 bridgehead atoms. The largest absolute Gasteiger partial charge is 0.298 e. The number of carbonyl (C=O) groups is 2. The summed E-state index contributed by atoms with van der Waals surface area (Å²) in [6, 6.07) is 16.5. The van der Waals surface area contributed by atoms with Crippen molar-refractivity contribution in [3.8, 4) is 0 Å². The monoisotopic (exact) mass is 341 g/mol. The molecule has 1 aliphatic heterocycles. The number of imide groups is 1. The van der Waals surface area contributed by atoms with Gasteiger partial charge < -0.3 is 0 Å². The smallest absolute Gasteiger partial charge is 0.268 e. The van der Waals surface area contributed by atoms with E-state index >= 15 is 0 Å². The highest BCUT2D eigenvalue weighted by Crippen LogP contribution is 2.37. The first kappa shape index (κ1) is 15.6. The summed E-state index contributed by atoms with van der Waals surface area (Å²) in [5, 5.41) is 0.0262. The first-order valence-corrected chi connectivity index (χ1v) is 8.10. The van der Waals surface area contributed by atoms with E-state index in [0.29, 0.717) is 15.6 Å². The summed E-state index contributed by atoms with van der Waals surface area (Å²) in [4.78, 5) is 26.0. The molecular weight excluding hydrogens is 330 g/mol. The van der Waals surface area contributed by atoms with E-state index in [-0.39, 0.29) is 11.1 Å². The van der Waals surface area contributed by atoms with E-state index in [0.717, 1.165) is 22.2 Å². The Morgan fingerprint density at radius 1 is 0.957 bits per heavy atom. The molecule has 3 nitrogen and oxygen atoms in total. The zero-order valence-electron chi connectivity index (χ0n) is 12.0. The van der Waals surface area contributed by atoms with Crippen molar-refractivity contribution in [3.05, 3.63) is 82.2 Å². The molecule has 1 heterocycles. The number of anilines is 1. The van der Waals surface area contributed by atoms with E-state index in [1.807, 2.05) is 36.4 Å². The molecule has 0 aromatic heterocycles. The lowest BCUT2D eigenvalue weighted by atomic mass is 10.2. The maximum Gasteiger partial charge on any atom is 0.298 e. The average Bonchev–Trinajstić information content (AvgIpc) is 2.83. The third kappa shape index (κ3) is 3.38. The summed E-state index contributed by atoms with van der Waals surface area (Å²) in [6.45, 7) is 0. The van der Waals surface area contributed by atoms with Crippen LogP contribution in [0.4, 0.5) is 10.5 Å². The Morgan fingerprint density at radius 3 is 2.39 bits per heavy atom. The molecule has 0 saturated carbocycles. The molecule has 1 aliphatic rings. The van der Waals surface area contributed by atoms with Gasteiger partial charge in [-0.3, -0.25) is 9.59 Å². The number of carbonyl (C=O) groups excluding carboxylic acids is 2. The highest BCUT2D eigenvalue weighted by molar-refractivity contribution is 8.18. The summed E-state index contributed by atoms with van der Waals surface area (Å²) < 4.78 is 0.